The number of aromatic hydroxyl groups is 1. The summed E-state index contributed by atoms with van der Waals surface area (Å²) in [5.41, 5.74) is 2.44. The van der Waals surface area contributed by atoms with Crippen molar-refractivity contribution in [3.05, 3.63) is 36.5 Å². The number of aromatic nitrogens is 3. The van der Waals surface area contributed by atoms with Crippen molar-refractivity contribution in [2.45, 2.75) is 0 Å². The summed E-state index contributed by atoms with van der Waals surface area (Å²) in [6.07, 6.45) is 1.49. The van der Waals surface area contributed by atoms with Crippen LogP contribution < -0.4 is 15.4 Å². The van der Waals surface area contributed by atoms with E-state index in [1.165, 1.54) is 13.3 Å². The molecule has 0 aliphatic carbocycles. The summed E-state index contributed by atoms with van der Waals surface area (Å²) in [4.78, 5) is 24.7. The lowest BCUT2D eigenvalue weighted by atomic mass is 10.1. The van der Waals surface area contributed by atoms with Gasteiger partial charge in [0.2, 0.25) is 5.91 Å². The van der Waals surface area contributed by atoms with Crippen LogP contribution in [0.5, 0.6) is 11.5 Å². The van der Waals surface area contributed by atoms with Crippen molar-refractivity contribution in [3.63, 3.8) is 0 Å². The van der Waals surface area contributed by atoms with Crippen LogP contribution in [0, 0.1) is 0 Å². The van der Waals surface area contributed by atoms with E-state index in [2.05, 4.69) is 25.6 Å². The van der Waals surface area contributed by atoms with Gasteiger partial charge in [-0.25, -0.2) is 15.0 Å². The van der Waals surface area contributed by atoms with Crippen LogP contribution in [0.25, 0.3) is 22.4 Å². The van der Waals surface area contributed by atoms with Gasteiger partial charge in [-0.1, -0.05) is 0 Å². The van der Waals surface area contributed by atoms with Crippen LogP contribution in [-0.2, 0) is 4.79 Å². The molecule has 0 radical (unpaired) electrons. The number of nitrogens with zero attached hydrogens (tertiary/aromatic N) is 3. The molecule has 2 aromatic heterocycles. The second kappa shape index (κ2) is 7.10. The molecule has 1 aromatic carbocycles. The third-order valence-electron chi connectivity index (χ3n) is 3.49. The van der Waals surface area contributed by atoms with Crippen LogP contribution in [0.15, 0.2) is 36.5 Å². The molecule has 0 aliphatic heterocycles. The number of phenolic OH excluding ortho intramolecular Hbond substituents is 1. The Morgan fingerprint density at radius 3 is 2.84 bits per heavy atom. The average Bonchev–Trinajstić information content (AvgIpc) is 2.61. The number of rotatable bonds is 5. The molecule has 3 rings (SSSR count). The molecule has 0 fully saturated rings. The molecule has 8 nitrogen and oxygen atoms in total. The predicted octanol–water partition coefficient (Wildman–Crippen LogP) is 1.56. The summed E-state index contributed by atoms with van der Waals surface area (Å²) in [6, 6.07) is 8.57. The minimum Gasteiger partial charge on any atom is -0.504 e. The van der Waals surface area contributed by atoms with Gasteiger partial charge in [-0.3, -0.25) is 4.79 Å². The molecular weight excluding hydrogens is 322 g/mol. The average molecular weight is 339 g/mol. The first-order valence-corrected chi connectivity index (χ1v) is 7.56. The minimum atomic E-state index is -0.212. The van der Waals surface area contributed by atoms with Gasteiger partial charge >= 0.3 is 0 Å². The van der Waals surface area contributed by atoms with Gasteiger partial charge in [0.15, 0.2) is 23.0 Å². The highest BCUT2D eigenvalue weighted by Gasteiger charge is 2.09. The Morgan fingerprint density at radius 2 is 2.08 bits per heavy atom. The number of ether oxygens (including phenoxy) is 1. The summed E-state index contributed by atoms with van der Waals surface area (Å²) in [5, 5.41) is 15.1. The molecule has 0 bridgehead atoms. The summed E-state index contributed by atoms with van der Waals surface area (Å²) in [5.74, 6) is 0.538. The van der Waals surface area contributed by atoms with E-state index in [4.69, 9.17) is 4.74 Å². The molecule has 3 N–H and O–H groups in total. The molecule has 0 saturated carbocycles. The Labute approximate surface area is 143 Å². The van der Waals surface area contributed by atoms with E-state index in [0.717, 1.165) is 5.56 Å². The topological polar surface area (TPSA) is 109 Å². The number of nitrogens with one attached hydrogen (secondary N) is 2. The molecule has 0 atom stereocenters. The number of fused-ring (bicyclic) bond motifs is 1. The predicted molar refractivity (Wildman–Crippen MR) is 93.5 cm³/mol. The molecule has 3 aromatic rings. The molecular formula is C17H17N5O3. The van der Waals surface area contributed by atoms with E-state index < -0.39 is 0 Å². The number of methoxy groups -OCH3 is 1. The van der Waals surface area contributed by atoms with Crippen molar-refractivity contribution in [2.75, 3.05) is 26.0 Å². The quantitative estimate of drug-likeness (QED) is 0.647. The summed E-state index contributed by atoms with van der Waals surface area (Å²) in [7, 11) is 3.17. The zero-order chi connectivity index (χ0) is 17.8. The number of pyridine rings is 1. The van der Waals surface area contributed by atoms with Crippen LogP contribution in [-0.4, -0.2) is 46.7 Å². The number of carbonyl (C=O) groups excluding carboxylic acids is 1. The van der Waals surface area contributed by atoms with E-state index in [-0.39, 0.29) is 18.2 Å². The van der Waals surface area contributed by atoms with Gasteiger partial charge in [-0.2, -0.15) is 0 Å². The zero-order valence-corrected chi connectivity index (χ0v) is 13.8. The minimum absolute atomic E-state index is 0.0568. The van der Waals surface area contributed by atoms with E-state index in [9.17, 15) is 9.90 Å². The number of phenols is 1. The molecule has 8 heteroatoms. The molecule has 128 valence electrons. The molecule has 1 amide bonds. The molecule has 0 unspecified atom stereocenters. The normalized spacial score (nSPS) is 10.6. The first-order chi connectivity index (χ1) is 12.1. The lowest BCUT2D eigenvalue weighted by Crippen LogP contribution is -2.25. The summed E-state index contributed by atoms with van der Waals surface area (Å²) in [6.45, 7) is 0.181. The summed E-state index contributed by atoms with van der Waals surface area (Å²) < 4.78 is 5.12. The first-order valence-electron chi connectivity index (χ1n) is 7.56. The maximum atomic E-state index is 11.6. The molecule has 25 heavy (non-hydrogen) atoms. The van der Waals surface area contributed by atoms with Gasteiger partial charge < -0.3 is 20.5 Å². The maximum absolute atomic E-state index is 11.6. The number of benzene rings is 1. The third-order valence-corrected chi connectivity index (χ3v) is 3.49. The van der Waals surface area contributed by atoms with Crippen molar-refractivity contribution in [1.82, 2.24) is 20.3 Å². The fourth-order valence-corrected chi connectivity index (χ4v) is 2.30. The SMILES string of the molecule is CNCC(=O)Nc1cnc2ccc(-c3ccc(O)c(OC)c3)nc2n1. The van der Waals surface area contributed by atoms with E-state index in [1.807, 2.05) is 6.07 Å². The Kier molecular flexibility index (Phi) is 4.71. The number of amides is 1. The molecule has 0 spiro atoms. The largest absolute Gasteiger partial charge is 0.504 e. The van der Waals surface area contributed by atoms with Crippen molar-refractivity contribution < 1.29 is 14.6 Å². The first kappa shape index (κ1) is 16.6. The second-order valence-corrected chi connectivity index (χ2v) is 5.26. The van der Waals surface area contributed by atoms with E-state index in [1.54, 1.807) is 31.3 Å². The van der Waals surface area contributed by atoms with Gasteiger partial charge in [0.1, 0.15) is 5.52 Å². The van der Waals surface area contributed by atoms with Crippen molar-refractivity contribution >= 4 is 22.9 Å². The highest BCUT2D eigenvalue weighted by molar-refractivity contribution is 5.92. The van der Waals surface area contributed by atoms with Gasteiger partial charge in [0.05, 0.1) is 25.5 Å². The second-order valence-electron chi connectivity index (χ2n) is 5.26. The third kappa shape index (κ3) is 3.64. The molecule has 2 heterocycles. The van der Waals surface area contributed by atoms with Crippen LogP contribution in [0.2, 0.25) is 0 Å². The van der Waals surface area contributed by atoms with Crippen LogP contribution >= 0.6 is 0 Å². The highest BCUT2D eigenvalue weighted by Crippen LogP contribution is 2.31. The standard InChI is InChI=1S/C17H17N5O3/c1-18-9-16(24)21-15-8-19-12-5-4-11(20-17(12)22-15)10-3-6-13(23)14(7-10)25-2/h3-8,18,23H,9H2,1-2H3,(H,20,21,22,24). The Morgan fingerprint density at radius 1 is 1.24 bits per heavy atom. The summed E-state index contributed by atoms with van der Waals surface area (Å²) >= 11 is 0. The zero-order valence-electron chi connectivity index (χ0n) is 13.8. The molecule has 0 saturated heterocycles. The number of hydrogen-bond acceptors (Lipinski definition) is 7. The van der Waals surface area contributed by atoms with E-state index in [0.29, 0.717) is 28.4 Å². The lowest BCUT2D eigenvalue weighted by Gasteiger charge is -2.08. The van der Waals surface area contributed by atoms with Crippen LogP contribution in [0.4, 0.5) is 5.82 Å². The number of carbonyl (C=O) groups is 1. The Hall–Kier alpha value is -3.26. The van der Waals surface area contributed by atoms with E-state index >= 15 is 0 Å². The maximum Gasteiger partial charge on any atom is 0.239 e. The van der Waals surface area contributed by atoms with Gasteiger partial charge in [-0.05, 0) is 37.4 Å². The number of anilines is 1. The van der Waals surface area contributed by atoms with Crippen molar-refractivity contribution in [3.8, 4) is 22.8 Å². The van der Waals surface area contributed by atoms with Crippen LogP contribution in [0.1, 0.15) is 0 Å². The van der Waals surface area contributed by atoms with Gasteiger partial charge in [-0.15, -0.1) is 0 Å². The van der Waals surface area contributed by atoms with Crippen molar-refractivity contribution in [1.29, 1.82) is 0 Å². The monoisotopic (exact) mass is 339 g/mol. The number of likely N-dealkylation sites (N-methyl/N-ethyl adjacent to an activating group) is 1. The smallest absolute Gasteiger partial charge is 0.239 e. The van der Waals surface area contributed by atoms with Gasteiger partial charge in [0.25, 0.3) is 0 Å². The Balaban J connectivity index is 1.96. The van der Waals surface area contributed by atoms with Gasteiger partial charge in [0, 0.05) is 5.56 Å². The fraction of sp³-hybridized carbons (Fsp3) is 0.176. The fourth-order valence-electron chi connectivity index (χ4n) is 2.30. The lowest BCUT2D eigenvalue weighted by molar-refractivity contribution is -0.115. The number of hydrogen-bond donors (Lipinski definition) is 3. The highest BCUT2D eigenvalue weighted by atomic mass is 16.5. The Bertz CT molecular complexity index is 929. The van der Waals surface area contributed by atoms with Crippen molar-refractivity contribution in [2.24, 2.45) is 0 Å². The molecule has 0 aliphatic rings. The van der Waals surface area contributed by atoms with Crippen LogP contribution in [0.3, 0.4) is 0 Å².